The number of nitrogens with zero attached hydrogens (tertiary/aromatic N) is 1. The highest BCUT2D eigenvalue weighted by atomic mass is 32.2. The molecule has 4 rings (SSSR count). The van der Waals surface area contributed by atoms with Crippen LogP contribution in [0.15, 0.2) is 70.3 Å². The first-order valence-electron chi connectivity index (χ1n) is 8.19. The molecule has 1 fully saturated rings. The number of aromatic nitrogens is 1. The summed E-state index contributed by atoms with van der Waals surface area (Å²) < 4.78 is 11.3. The maximum atomic E-state index is 11.9. The van der Waals surface area contributed by atoms with E-state index in [1.54, 1.807) is 0 Å². The predicted octanol–water partition coefficient (Wildman–Crippen LogP) is 4.80. The Bertz CT molecular complexity index is 819. The van der Waals surface area contributed by atoms with Gasteiger partial charge in [0, 0.05) is 17.5 Å². The Kier molecular flexibility index (Phi) is 4.32. The van der Waals surface area contributed by atoms with E-state index in [4.69, 9.17) is 9.15 Å². The lowest BCUT2D eigenvalue weighted by molar-refractivity contribution is -0.140. The van der Waals surface area contributed by atoms with Crippen molar-refractivity contribution in [2.45, 2.75) is 29.9 Å². The number of carbonyl (C=O) groups is 1. The minimum Gasteiger partial charge on any atom is -0.462 e. The lowest BCUT2D eigenvalue weighted by Gasteiger charge is -2.01. The summed E-state index contributed by atoms with van der Waals surface area (Å²) in [4.78, 5) is 16.6. The van der Waals surface area contributed by atoms with Gasteiger partial charge >= 0.3 is 5.97 Å². The highest BCUT2D eigenvalue weighted by Gasteiger charge is 2.34. The molecule has 2 heterocycles. The van der Waals surface area contributed by atoms with Gasteiger partial charge in [0.25, 0.3) is 5.22 Å². The van der Waals surface area contributed by atoms with Gasteiger partial charge in [-0.1, -0.05) is 72.4 Å². The van der Waals surface area contributed by atoms with Crippen LogP contribution in [0, 0.1) is 0 Å². The van der Waals surface area contributed by atoms with Gasteiger partial charge < -0.3 is 9.15 Å². The molecule has 4 nitrogen and oxygen atoms in total. The molecule has 1 aliphatic heterocycles. The Balaban J connectivity index is 1.72. The molecular formula is C20H17NO3S. The van der Waals surface area contributed by atoms with Crippen LogP contribution in [0.2, 0.25) is 0 Å². The summed E-state index contributed by atoms with van der Waals surface area (Å²) in [5, 5.41) is 0.231. The smallest absolute Gasteiger partial charge is 0.320 e. The van der Waals surface area contributed by atoms with Gasteiger partial charge in [-0.15, -0.1) is 0 Å². The standard InChI is InChI=1S/C20H17NO3S/c1-13-12-16(19(22)23-13)25-20-21-17(14-8-4-2-5-9-14)18(24-20)15-10-6-3-7-11-15/h2-11,13,16H,12H2,1H3/t13-,16+/m1/s1. The number of hydrogen-bond acceptors (Lipinski definition) is 5. The molecule has 0 N–H and O–H groups in total. The van der Waals surface area contributed by atoms with E-state index in [1.165, 1.54) is 11.8 Å². The van der Waals surface area contributed by atoms with Crippen molar-refractivity contribution >= 4 is 17.7 Å². The van der Waals surface area contributed by atoms with Gasteiger partial charge in [-0.25, -0.2) is 4.98 Å². The minimum atomic E-state index is -0.263. The molecule has 1 saturated heterocycles. The van der Waals surface area contributed by atoms with Gasteiger partial charge in [-0.05, 0) is 6.92 Å². The van der Waals surface area contributed by atoms with Crippen LogP contribution in [0.25, 0.3) is 22.6 Å². The fourth-order valence-electron chi connectivity index (χ4n) is 2.87. The summed E-state index contributed by atoms with van der Waals surface area (Å²) in [6, 6.07) is 19.8. The molecule has 5 heteroatoms. The van der Waals surface area contributed by atoms with Crippen LogP contribution < -0.4 is 0 Å². The molecular weight excluding hydrogens is 334 g/mol. The largest absolute Gasteiger partial charge is 0.462 e. The topological polar surface area (TPSA) is 52.3 Å². The zero-order valence-corrected chi connectivity index (χ0v) is 14.5. The third kappa shape index (κ3) is 3.33. The number of hydrogen-bond donors (Lipinski definition) is 0. The third-order valence-corrected chi connectivity index (χ3v) is 5.11. The van der Waals surface area contributed by atoms with E-state index in [1.807, 2.05) is 67.6 Å². The van der Waals surface area contributed by atoms with Gasteiger partial charge in [-0.3, -0.25) is 4.79 Å². The molecule has 0 saturated carbocycles. The van der Waals surface area contributed by atoms with E-state index < -0.39 is 0 Å². The Morgan fingerprint density at radius 1 is 1.00 bits per heavy atom. The Labute approximate surface area is 150 Å². The maximum absolute atomic E-state index is 11.9. The second-order valence-corrected chi connectivity index (χ2v) is 7.13. The molecule has 3 aromatic rings. The summed E-state index contributed by atoms with van der Waals surface area (Å²) in [6.45, 7) is 1.90. The molecule has 126 valence electrons. The first-order valence-corrected chi connectivity index (χ1v) is 9.07. The van der Waals surface area contributed by atoms with E-state index in [0.29, 0.717) is 17.4 Å². The Hall–Kier alpha value is -2.53. The molecule has 0 amide bonds. The molecule has 0 spiro atoms. The second kappa shape index (κ2) is 6.76. The maximum Gasteiger partial charge on any atom is 0.320 e. The lowest BCUT2D eigenvalue weighted by Crippen LogP contribution is -2.09. The van der Waals surface area contributed by atoms with Crippen molar-refractivity contribution in [2.75, 3.05) is 0 Å². The van der Waals surface area contributed by atoms with Gasteiger partial charge in [-0.2, -0.15) is 0 Å². The summed E-state index contributed by atoms with van der Waals surface area (Å²) in [5.74, 6) is 0.520. The van der Waals surface area contributed by atoms with Crippen molar-refractivity contribution in [2.24, 2.45) is 0 Å². The summed E-state index contributed by atoms with van der Waals surface area (Å²) >= 11 is 1.34. The van der Waals surface area contributed by atoms with Crippen molar-refractivity contribution < 1.29 is 13.9 Å². The lowest BCUT2D eigenvalue weighted by atomic mass is 10.1. The molecule has 0 radical (unpaired) electrons. The number of oxazole rings is 1. The van der Waals surface area contributed by atoms with Crippen LogP contribution in [0.5, 0.6) is 0 Å². The number of ether oxygens (including phenoxy) is 1. The van der Waals surface area contributed by atoms with Crippen LogP contribution in [0.1, 0.15) is 13.3 Å². The molecule has 1 aromatic heterocycles. The molecule has 1 aliphatic rings. The Morgan fingerprint density at radius 2 is 1.64 bits per heavy atom. The highest BCUT2D eigenvalue weighted by Crippen LogP contribution is 2.38. The van der Waals surface area contributed by atoms with Crippen LogP contribution in [0.3, 0.4) is 0 Å². The number of benzene rings is 2. The highest BCUT2D eigenvalue weighted by molar-refractivity contribution is 8.00. The first-order chi connectivity index (χ1) is 12.2. The third-order valence-electron chi connectivity index (χ3n) is 4.06. The van der Waals surface area contributed by atoms with E-state index in [9.17, 15) is 4.79 Å². The zero-order chi connectivity index (χ0) is 17.2. The van der Waals surface area contributed by atoms with Crippen LogP contribution in [-0.2, 0) is 9.53 Å². The molecule has 0 bridgehead atoms. The number of rotatable bonds is 4. The van der Waals surface area contributed by atoms with Gasteiger partial charge in [0.2, 0.25) is 0 Å². The number of esters is 1. The number of thioether (sulfide) groups is 1. The molecule has 0 aliphatic carbocycles. The normalized spacial score (nSPS) is 19.8. The van der Waals surface area contributed by atoms with Crippen molar-refractivity contribution in [1.82, 2.24) is 4.98 Å². The van der Waals surface area contributed by atoms with E-state index in [2.05, 4.69) is 4.98 Å². The molecule has 2 atom stereocenters. The Morgan fingerprint density at radius 3 is 2.24 bits per heavy atom. The van der Waals surface area contributed by atoms with E-state index in [-0.39, 0.29) is 17.3 Å². The second-order valence-electron chi connectivity index (χ2n) is 5.98. The van der Waals surface area contributed by atoms with Crippen molar-refractivity contribution in [3.05, 3.63) is 60.7 Å². The van der Waals surface area contributed by atoms with Gasteiger partial charge in [0.05, 0.1) is 0 Å². The number of cyclic esters (lactones) is 1. The van der Waals surface area contributed by atoms with E-state index in [0.717, 1.165) is 16.8 Å². The fraction of sp³-hybridized carbons (Fsp3) is 0.200. The minimum absolute atomic E-state index is 0.0536. The van der Waals surface area contributed by atoms with Crippen molar-refractivity contribution in [3.63, 3.8) is 0 Å². The summed E-state index contributed by atoms with van der Waals surface area (Å²) in [5.41, 5.74) is 2.73. The zero-order valence-electron chi connectivity index (χ0n) is 13.7. The van der Waals surface area contributed by atoms with Crippen LogP contribution in [-0.4, -0.2) is 22.3 Å². The fourth-order valence-corrected chi connectivity index (χ4v) is 3.90. The van der Waals surface area contributed by atoms with Crippen LogP contribution in [0.4, 0.5) is 0 Å². The molecule has 25 heavy (non-hydrogen) atoms. The van der Waals surface area contributed by atoms with Crippen molar-refractivity contribution in [3.8, 4) is 22.6 Å². The van der Waals surface area contributed by atoms with Crippen molar-refractivity contribution in [1.29, 1.82) is 0 Å². The summed E-state index contributed by atoms with van der Waals surface area (Å²) in [7, 11) is 0. The SMILES string of the molecule is C[C@@H]1C[C@H](Sc2nc(-c3ccccc3)c(-c3ccccc3)o2)C(=O)O1. The number of carbonyl (C=O) groups excluding carboxylic acids is 1. The average molecular weight is 351 g/mol. The van der Waals surface area contributed by atoms with Gasteiger partial charge in [0.15, 0.2) is 5.76 Å². The molecule has 0 unspecified atom stereocenters. The quantitative estimate of drug-likeness (QED) is 0.632. The van der Waals surface area contributed by atoms with Gasteiger partial charge in [0.1, 0.15) is 17.0 Å². The monoisotopic (exact) mass is 351 g/mol. The van der Waals surface area contributed by atoms with E-state index >= 15 is 0 Å². The summed E-state index contributed by atoms with van der Waals surface area (Å²) in [6.07, 6.45) is 0.620. The molecule has 2 aromatic carbocycles. The average Bonchev–Trinajstić information content (AvgIpc) is 3.20. The van der Waals surface area contributed by atoms with Crippen LogP contribution >= 0.6 is 11.8 Å². The predicted molar refractivity (Wildman–Crippen MR) is 97.2 cm³/mol. The first kappa shape index (κ1) is 16.0.